The third-order valence-electron chi connectivity index (χ3n) is 2.53. The maximum Gasteiger partial charge on any atom is 0.272 e. The van der Waals surface area contributed by atoms with Crippen LogP contribution in [0.4, 0.5) is 5.95 Å². The number of aryl methyl sites for hydroxylation is 1. The normalized spacial score (nSPS) is 9.94. The van der Waals surface area contributed by atoms with Gasteiger partial charge in [0, 0.05) is 25.3 Å². The summed E-state index contributed by atoms with van der Waals surface area (Å²) in [4.78, 5) is 22.4. The van der Waals surface area contributed by atoms with Crippen LogP contribution in [0.5, 0.6) is 0 Å². The van der Waals surface area contributed by atoms with E-state index in [1.54, 1.807) is 17.0 Å². The van der Waals surface area contributed by atoms with Crippen LogP contribution in [-0.2, 0) is 0 Å². The second-order valence-corrected chi connectivity index (χ2v) is 3.87. The average Bonchev–Trinajstić information content (AvgIpc) is 2.37. The number of carbonyl (C=O) groups is 1. The zero-order chi connectivity index (χ0) is 13.5. The van der Waals surface area contributed by atoms with Gasteiger partial charge in [0.1, 0.15) is 5.69 Å². The first kappa shape index (κ1) is 14.2. The van der Waals surface area contributed by atoms with E-state index in [0.717, 1.165) is 5.69 Å². The Kier molecular flexibility index (Phi) is 5.30. The van der Waals surface area contributed by atoms with E-state index in [1.165, 1.54) is 0 Å². The molecule has 0 atom stereocenters. The minimum atomic E-state index is -0.0628. The second kappa shape index (κ2) is 6.74. The molecule has 1 N–H and O–H groups in total. The predicted octanol–water partition coefficient (Wildman–Crippen LogP) is 1.86. The van der Waals surface area contributed by atoms with Crippen LogP contribution in [0.1, 0.15) is 30.0 Å². The van der Waals surface area contributed by atoms with Crippen LogP contribution in [0.3, 0.4) is 0 Å². The topological polar surface area (TPSA) is 58.1 Å². The molecule has 0 saturated carbocycles. The van der Waals surface area contributed by atoms with Gasteiger partial charge in [0.25, 0.3) is 5.91 Å². The molecule has 0 spiro atoms. The minimum Gasteiger partial charge on any atom is -0.351 e. The molecule has 1 heterocycles. The van der Waals surface area contributed by atoms with Gasteiger partial charge in [-0.05, 0) is 26.8 Å². The van der Waals surface area contributed by atoms with Crippen LogP contribution in [0.15, 0.2) is 18.7 Å². The van der Waals surface area contributed by atoms with Crippen molar-refractivity contribution < 1.29 is 4.79 Å². The number of hydrogen-bond acceptors (Lipinski definition) is 4. The van der Waals surface area contributed by atoms with Crippen LogP contribution >= 0.6 is 0 Å². The standard InChI is InChI=1S/C13H20N4O/c1-5-8-14-13-15-10(4)9-11(16-13)12(18)17(6-2)7-3/h5,9H,1,6-8H2,2-4H3,(H,14,15,16). The lowest BCUT2D eigenvalue weighted by atomic mass is 10.3. The van der Waals surface area contributed by atoms with Crippen molar-refractivity contribution in [1.29, 1.82) is 0 Å². The lowest BCUT2D eigenvalue weighted by Gasteiger charge is -2.18. The molecule has 0 aliphatic rings. The van der Waals surface area contributed by atoms with E-state index in [9.17, 15) is 4.79 Å². The molecule has 5 heteroatoms. The van der Waals surface area contributed by atoms with Gasteiger partial charge >= 0.3 is 0 Å². The summed E-state index contributed by atoms with van der Waals surface area (Å²) in [5.74, 6) is 0.401. The molecular formula is C13H20N4O. The van der Waals surface area contributed by atoms with Gasteiger partial charge in [-0.15, -0.1) is 6.58 Å². The Hall–Kier alpha value is -1.91. The van der Waals surface area contributed by atoms with Crippen molar-refractivity contribution in [2.24, 2.45) is 0 Å². The van der Waals surface area contributed by atoms with Gasteiger partial charge in [0.15, 0.2) is 0 Å². The zero-order valence-electron chi connectivity index (χ0n) is 11.2. The number of aromatic nitrogens is 2. The van der Waals surface area contributed by atoms with E-state index >= 15 is 0 Å². The van der Waals surface area contributed by atoms with E-state index < -0.39 is 0 Å². The number of carbonyl (C=O) groups excluding carboxylic acids is 1. The second-order valence-electron chi connectivity index (χ2n) is 3.87. The van der Waals surface area contributed by atoms with Gasteiger partial charge in [0.2, 0.25) is 5.95 Å². The third kappa shape index (κ3) is 3.55. The van der Waals surface area contributed by atoms with Crippen molar-refractivity contribution >= 4 is 11.9 Å². The number of amides is 1. The van der Waals surface area contributed by atoms with Crippen LogP contribution in [0.2, 0.25) is 0 Å². The molecule has 1 rings (SSSR count). The molecule has 0 saturated heterocycles. The Morgan fingerprint density at radius 2 is 2.11 bits per heavy atom. The van der Waals surface area contributed by atoms with E-state index in [2.05, 4.69) is 21.9 Å². The molecule has 0 radical (unpaired) electrons. The first-order valence-electron chi connectivity index (χ1n) is 6.12. The Morgan fingerprint density at radius 1 is 1.44 bits per heavy atom. The first-order valence-corrected chi connectivity index (χ1v) is 6.12. The summed E-state index contributed by atoms with van der Waals surface area (Å²) >= 11 is 0. The quantitative estimate of drug-likeness (QED) is 0.781. The van der Waals surface area contributed by atoms with Crippen LogP contribution in [0, 0.1) is 6.92 Å². The van der Waals surface area contributed by atoms with E-state index in [4.69, 9.17) is 0 Å². The van der Waals surface area contributed by atoms with Gasteiger partial charge in [0.05, 0.1) is 0 Å². The average molecular weight is 248 g/mol. The molecule has 5 nitrogen and oxygen atoms in total. The van der Waals surface area contributed by atoms with Crippen LogP contribution in [-0.4, -0.2) is 40.4 Å². The fraction of sp³-hybridized carbons (Fsp3) is 0.462. The summed E-state index contributed by atoms with van der Waals surface area (Å²) in [5.41, 5.74) is 1.20. The predicted molar refractivity (Wildman–Crippen MR) is 72.7 cm³/mol. The smallest absolute Gasteiger partial charge is 0.272 e. The van der Waals surface area contributed by atoms with Gasteiger partial charge < -0.3 is 10.2 Å². The maximum atomic E-state index is 12.2. The molecule has 0 aliphatic heterocycles. The number of anilines is 1. The monoisotopic (exact) mass is 248 g/mol. The zero-order valence-corrected chi connectivity index (χ0v) is 11.2. The summed E-state index contributed by atoms with van der Waals surface area (Å²) in [5, 5.41) is 2.99. The van der Waals surface area contributed by atoms with Crippen molar-refractivity contribution in [1.82, 2.24) is 14.9 Å². The molecule has 1 amide bonds. The van der Waals surface area contributed by atoms with Gasteiger partial charge in [-0.2, -0.15) is 0 Å². The minimum absolute atomic E-state index is 0.0628. The van der Waals surface area contributed by atoms with Gasteiger partial charge in [-0.1, -0.05) is 6.08 Å². The van der Waals surface area contributed by atoms with Crippen molar-refractivity contribution in [2.75, 3.05) is 25.0 Å². The summed E-state index contributed by atoms with van der Waals surface area (Å²) in [6, 6.07) is 1.71. The molecule has 98 valence electrons. The number of hydrogen-bond donors (Lipinski definition) is 1. The lowest BCUT2D eigenvalue weighted by Crippen LogP contribution is -2.31. The van der Waals surface area contributed by atoms with Crippen molar-refractivity contribution in [2.45, 2.75) is 20.8 Å². The molecule has 0 bridgehead atoms. The molecule has 1 aromatic heterocycles. The Labute approximate surface area is 108 Å². The fourth-order valence-corrected chi connectivity index (χ4v) is 1.59. The molecule has 0 unspecified atom stereocenters. The van der Waals surface area contributed by atoms with Crippen molar-refractivity contribution in [3.63, 3.8) is 0 Å². The first-order chi connectivity index (χ1) is 8.62. The number of nitrogens with zero attached hydrogens (tertiary/aromatic N) is 3. The molecule has 18 heavy (non-hydrogen) atoms. The summed E-state index contributed by atoms with van der Waals surface area (Å²) < 4.78 is 0. The summed E-state index contributed by atoms with van der Waals surface area (Å²) in [7, 11) is 0. The third-order valence-corrected chi connectivity index (χ3v) is 2.53. The largest absolute Gasteiger partial charge is 0.351 e. The Bertz CT molecular complexity index is 427. The molecule has 0 fully saturated rings. The maximum absolute atomic E-state index is 12.2. The fourth-order valence-electron chi connectivity index (χ4n) is 1.59. The number of nitrogens with one attached hydrogen (secondary N) is 1. The van der Waals surface area contributed by atoms with E-state index in [-0.39, 0.29) is 5.91 Å². The van der Waals surface area contributed by atoms with Gasteiger partial charge in [-0.3, -0.25) is 4.79 Å². The molecule has 0 aliphatic carbocycles. The van der Waals surface area contributed by atoms with Crippen LogP contribution in [0.25, 0.3) is 0 Å². The molecule has 1 aromatic rings. The SMILES string of the molecule is C=CCNc1nc(C)cc(C(=O)N(CC)CC)n1. The highest BCUT2D eigenvalue weighted by molar-refractivity contribution is 5.92. The van der Waals surface area contributed by atoms with E-state index in [0.29, 0.717) is 31.3 Å². The van der Waals surface area contributed by atoms with Crippen molar-refractivity contribution in [3.05, 3.63) is 30.1 Å². The highest BCUT2D eigenvalue weighted by Gasteiger charge is 2.15. The Balaban J connectivity index is 2.97. The Morgan fingerprint density at radius 3 is 2.67 bits per heavy atom. The van der Waals surface area contributed by atoms with Crippen LogP contribution < -0.4 is 5.32 Å². The summed E-state index contributed by atoms with van der Waals surface area (Å²) in [6.07, 6.45) is 1.72. The molecule has 0 aromatic carbocycles. The number of rotatable bonds is 6. The molecular weight excluding hydrogens is 228 g/mol. The van der Waals surface area contributed by atoms with E-state index in [1.807, 2.05) is 20.8 Å². The lowest BCUT2D eigenvalue weighted by molar-refractivity contribution is 0.0767. The highest BCUT2D eigenvalue weighted by atomic mass is 16.2. The van der Waals surface area contributed by atoms with Crippen molar-refractivity contribution in [3.8, 4) is 0 Å². The summed E-state index contributed by atoms with van der Waals surface area (Å²) in [6.45, 7) is 11.3. The van der Waals surface area contributed by atoms with Gasteiger partial charge in [-0.25, -0.2) is 9.97 Å². The highest BCUT2D eigenvalue weighted by Crippen LogP contribution is 2.08.